The van der Waals surface area contributed by atoms with Crippen LogP contribution in [0.3, 0.4) is 0 Å². The summed E-state index contributed by atoms with van der Waals surface area (Å²) in [6.07, 6.45) is 10.7. The number of nitrogens with zero attached hydrogens (tertiary/aromatic N) is 1. The number of anilines is 1. The first kappa shape index (κ1) is 19.2. The highest BCUT2D eigenvalue weighted by atomic mass is 32.1. The van der Waals surface area contributed by atoms with E-state index in [0.717, 1.165) is 55.5 Å². The average Bonchev–Trinajstić information content (AvgIpc) is 3.16. The smallest absolute Gasteiger partial charge is 0.173 e. The maximum absolute atomic E-state index is 5.87. The SMILES string of the molecule is COc1cc(C)ccc1NC(=S)N(CC1CC=CCC1)CC1CCCO1. The quantitative estimate of drug-likeness (QED) is 0.584. The van der Waals surface area contributed by atoms with Crippen molar-refractivity contribution in [2.24, 2.45) is 5.92 Å². The van der Waals surface area contributed by atoms with Crippen molar-refractivity contribution in [3.63, 3.8) is 0 Å². The van der Waals surface area contributed by atoms with Crippen molar-refractivity contribution in [1.29, 1.82) is 0 Å². The van der Waals surface area contributed by atoms with E-state index in [9.17, 15) is 0 Å². The minimum Gasteiger partial charge on any atom is -0.495 e. The van der Waals surface area contributed by atoms with E-state index >= 15 is 0 Å². The summed E-state index contributed by atoms with van der Waals surface area (Å²) in [5.74, 6) is 1.48. The molecule has 26 heavy (non-hydrogen) atoms. The van der Waals surface area contributed by atoms with Crippen LogP contribution in [0.2, 0.25) is 0 Å². The fourth-order valence-electron chi connectivity index (χ4n) is 3.70. The van der Waals surface area contributed by atoms with Gasteiger partial charge in [-0.15, -0.1) is 0 Å². The van der Waals surface area contributed by atoms with E-state index in [-0.39, 0.29) is 6.10 Å². The number of allylic oxidation sites excluding steroid dienone is 2. The normalized spacial score (nSPS) is 22.2. The third kappa shape index (κ3) is 5.21. The van der Waals surface area contributed by atoms with E-state index in [4.69, 9.17) is 21.7 Å². The number of ether oxygens (including phenoxy) is 2. The van der Waals surface area contributed by atoms with Gasteiger partial charge in [0.2, 0.25) is 0 Å². The van der Waals surface area contributed by atoms with Crippen LogP contribution in [-0.4, -0.2) is 42.9 Å². The zero-order chi connectivity index (χ0) is 18.4. The molecule has 0 bridgehead atoms. The zero-order valence-electron chi connectivity index (χ0n) is 15.9. The number of rotatable bonds is 6. The first-order chi connectivity index (χ1) is 12.7. The van der Waals surface area contributed by atoms with Gasteiger partial charge in [-0.3, -0.25) is 0 Å². The fourth-order valence-corrected chi connectivity index (χ4v) is 3.96. The van der Waals surface area contributed by atoms with Crippen molar-refractivity contribution in [1.82, 2.24) is 4.90 Å². The van der Waals surface area contributed by atoms with Gasteiger partial charge in [-0.25, -0.2) is 0 Å². The third-order valence-electron chi connectivity index (χ3n) is 5.19. The highest BCUT2D eigenvalue weighted by molar-refractivity contribution is 7.80. The Labute approximate surface area is 162 Å². The van der Waals surface area contributed by atoms with E-state index in [0.29, 0.717) is 5.92 Å². The Bertz CT molecular complexity index is 641. The molecule has 2 atom stereocenters. The third-order valence-corrected chi connectivity index (χ3v) is 5.55. The number of benzene rings is 1. The van der Waals surface area contributed by atoms with E-state index in [1.54, 1.807) is 7.11 Å². The molecular weight excluding hydrogens is 344 g/mol. The molecule has 2 aliphatic rings. The van der Waals surface area contributed by atoms with Crippen LogP contribution >= 0.6 is 12.2 Å². The lowest BCUT2D eigenvalue weighted by molar-refractivity contribution is 0.0882. The van der Waals surface area contributed by atoms with Gasteiger partial charge in [-0.1, -0.05) is 18.2 Å². The standard InChI is InChI=1S/C21H30N2O2S/c1-16-10-11-19(20(13-16)24-2)22-21(26)23(15-18-9-6-12-25-18)14-17-7-4-3-5-8-17/h3-4,10-11,13,17-18H,5-9,12,14-15H2,1-2H3,(H,22,26). The van der Waals surface area contributed by atoms with Gasteiger partial charge < -0.3 is 19.7 Å². The second-order valence-corrected chi connectivity index (χ2v) is 7.71. The van der Waals surface area contributed by atoms with Crippen LogP contribution in [0.25, 0.3) is 0 Å². The Morgan fingerprint density at radius 1 is 1.31 bits per heavy atom. The molecule has 5 heteroatoms. The second kappa shape index (κ2) is 9.38. The molecule has 1 heterocycles. The van der Waals surface area contributed by atoms with Gasteiger partial charge in [0, 0.05) is 19.7 Å². The van der Waals surface area contributed by atoms with Crippen molar-refractivity contribution < 1.29 is 9.47 Å². The number of thiocarbonyl (C=S) groups is 1. The van der Waals surface area contributed by atoms with E-state index in [1.165, 1.54) is 18.4 Å². The minimum absolute atomic E-state index is 0.286. The van der Waals surface area contributed by atoms with Gasteiger partial charge >= 0.3 is 0 Å². The highest BCUT2D eigenvalue weighted by Crippen LogP contribution is 2.27. The summed E-state index contributed by atoms with van der Waals surface area (Å²) in [5.41, 5.74) is 2.09. The molecule has 0 amide bonds. The molecule has 4 nitrogen and oxygen atoms in total. The summed E-state index contributed by atoms with van der Waals surface area (Å²) >= 11 is 5.79. The van der Waals surface area contributed by atoms with Crippen LogP contribution in [0, 0.1) is 12.8 Å². The first-order valence-electron chi connectivity index (χ1n) is 9.63. The van der Waals surface area contributed by atoms with E-state index < -0.39 is 0 Å². The lowest BCUT2D eigenvalue weighted by atomic mass is 9.94. The summed E-state index contributed by atoms with van der Waals surface area (Å²) in [7, 11) is 1.70. The zero-order valence-corrected chi connectivity index (χ0v) is 16.7. The summed E-state index contributed by atoms with van der Waals surface area (Å²) < 4.78 is 11.4. The molecule has 142 valence electrons. The van der Waals surface area contributed by atoms with Gasteiger partial charge in [-0.05, 0) is 74.9 Å². The predicted octanol–water partition coefficient (Wildman–Crippen LogP) is 4.54. The molecule has 1 aromatic carbocycles. The molecule has 0 radical (unpaired) electrons. The van der Waals surface area contributed by atoms with E-state index in [1.807, 2.05) is 12.1 Å². The van der Waals surface area contributed by atoms with Gasteiger partial charge in [0.05, 0.1) is 18.9 Å². The molecule has 1 aliphatic heterocycles. The van der Waals surface area contributed by atoms with Crippen LogP contribution in [0.1, 0.15) is 37.7 Å². The molecule has 1 aromatic rings. The second-order valence-electron chi connectivity index (χ2n) is 7.32. The average molecular weight is 375 g/mol. The molecular formula is C21H30N2O2S. The van der Waals surface area contributed by atoms with Gasteiger partial charge in [0.15, 0.2) is 5.11 Å². The predicted molar refractivity (Wildman–Crippen MR) is 111 cm³/mol. The van der Waals surface area contributed by atoms with Gasteiger partial charge in [0.25, 0.3) is 0 Å². The monoisotopic (exact) mass is 374 g/mol. The minimum atomic E-state index is 0.286. The Balaban J connectivity index is 1.69. The summed E-state index contributed by atoms with van der Waals surface area (Å²) in [5, 5.41) is 4.17. The Kier molecular flexibility index (Phi) is 6.92. The largest absolute Gasteiger partial charge is 0.495 e. The number of hydrogen-bond donors (Lipinski definition) is 1. The molecule has 1 fully saturated rings. The number of methoxy groups -OCH3 is 1. The Morgan fingerprint density at radius 2 is 2.19 bits per heavy atom. The van der Waals surface area contributed by atoms with Crippen LogP contribution in [0.15, 0.2) is 30.4 Å². The van der Waals surface area contributed by atoms with Crippen LogP contribution in [0.5, 0.6) is 5.75 Å². The molecule has 0 spiro atoms. The number of nitrogens with one attached hydrogen (secondary N) is 1. The van der Waals surface area contributed by atoms with Crippen LogP contribution < -0.4 is 10.1 Å². The van der Waals surface area contributed by atoms with Crippen molar-refractivity contribution in [3.8, 4) is 5.75 Å². The topological polar surface area (TPSA) is 33.7 Å². The molecule has 1 aliphatic carbocycles. The Hall–Kier alpha value is -1.59. The molecule has 0 saturated carbocycles. The van der Waals surface area contributed by atoms with E-state index in [2.05, 4.69) is 35.4 Å². The lowest BCUT2D eigenvalue weighted by Gasteiger charge is -2.32. The van der Waals surface area contributed by atoms with Crippen LogP contribution in [-0.2, 0) is 4.74 Å². The van der Waals surface area contributed by atoms with Crippen molar-refractivity contribution in [2.75, 3.05) is 32.1 Å². The van der Waals surface area contributed by atoms with Crippen LogP contribution in [0.4, 0.5) is 5.69 Å². The molecule has 0 aromatic heterocycles. The first-order valence-corrected chi connectivity index (χ1v) is 10.0. The lowest BCUT2D eigenvalue weighted by Crippen LogP contribution is -2.43. The highest BCUT2D eigenvalue weighted by Gasteiger charge is 2.24. The van der Waals surface area contributed by atoms with Crippen molar-refractivity contribution in [3.05, 3.63) is 35.9 Å². The number of aryl methyl sites for hydroxylation is 1. The molecule has 1 N–H and O–H groups in total. The molecule has 3 rings (SSSR count). The molecule has 2 unspecified atom stereocenters. The maximum atomic E-state index is 5.87. The van der Waals surface area contributed by atoms with Gasteiger partial charge in [-0.2, -0.15) is 0 Å². The van der Waals surface area contributed by atoms with Crippen molar-refractivity contribution >= 4 is 23.0 Å². The summed E-state index contributed by atoms with van der Waals surface area (Å²) in [4.78, 5) is 2.30. The summed E-state index contributed by atoms with van der Waals surface area (Å²) in [6, 6.07) is 6.14. The molecule has 1 saturated heterocycles. The maximum Gasteiger partial charge on any atom is 0.173 e. The van der Waals surface area contributed by atoms with Crippen molar-refractivity contribution in [2.45, 2.75) is 45.1 Å². The number of hydrogen-bond acceptors (Lipinski definition) is 3. The Morgan fingerprint density at radius 3 is 2.88 bits per heavy atom. The fraction of sp³-hybridized carbons (Fsp3) is 0.571. The summed E-state index contributed by atoms with van der Waals surface area (Å²) in [6.45, 7) is 4.77. The van der Waals surface area contributed by atoms with Gasteiger partial charge in [0.1, 0.15) is 5.75 Å².